The van der Waals surface area contributed by atoms with E-state index in [1.165, 1.54) is 37.0 Å². The Morgan fingerprint density at radius 1 is 1.20 bits per heavy atom. The second kappa shape index (κ2) is 10.1. The second-order valence-corrected chi connectivity index (χ2v) is 8.61. The highest BCUT2D eigenvalue weighted by atomic mass is 32.1. The normalized spacial score (nSPS) is 15.3. The maximum absolute atomic E-state index is 14.3. The molecular formula is C26H23FN2O5S. The molecule has 0 bridgehead atoms. The van der Waals surface area contributed by atoms with Gasteiger partial charge in [-0.3, -0.25) is 9.36 Å². The molecule has 7 nitrogen and oxygen atoms in total. The largest absolute Gasteiger partial charge is 0.493 e. The number of carbonyl (C=O) groups excluding carboxylic acids is 1. The summed E-state index contributed by atoms with van der Waals surface area (Å²) in [7, 11) is 3.02. The molecule has 0 aliphatic carbocycles. The summed E-state index contributed by atoms with van der Waals surface area (Å²) in [6.07, 6.45) is 2.95. The van der Waals surface area contributed by atoms with Crippen molar-refractivity contribution in [2.75, 3.05) is 20.8 Å². The van der Waals surface area contributed by atoms with Crippen LogP contribution in [0.2, 0.25) is 0 Å². The molecular weight excluding hydrogens is 471 g/mol. The van der Waals surface area contributed by atoms with Crippen molar-refractivity contribution >= 4 is 23.4 Å². The molecule has 1 aromatic heterocycles. The van der Waals surface area contributed by atoms with Gasteiger partial charge in [0.15, 0.2) is 16.3 Å². The summed E-state index contributed by atoms with van der Waals surface area (Å²) in [4.78, 5) is 31.6. The molecule has 2 heterocycles. The van der Waals surface area contributed by atoms with Crippen LogP contribution in [0, 0.1) is 5.82 Å². The molecule has 0 fully saturated rings. The number of fused-ring (bicyclic) bond motifs is 1. The highest BCUT2D eigenvalue weighted by Gasteiger charge is 2.34. The Kier molecular flexibility index (Phi) is 6.97. The lowest BCUT2D eigenvalue weighted by molar-refractivity contribution is -0.138. The molecule has 1 aliphatic rings. The molecule has 1 atom stereocenters. The molecule has 35 heavy (non-hydrogen) atoms. The zero-order chi connectivity index (χ0) is 25.1. The maximum atomic E-state index is 14.3. The van der Waals surface area contributed by atoms with Crippen LogP contribution in [-0.2, 0) is 9.53 Å². The van der Waals surface area contributed by atoms with Crippen LogP contribution in [0.1, 0.15) is 24.1 Å². The van der Waals surface area contributed by atoms with Crippen molar-refractivity contribution in [2.24, 2.45) is 4.99 Å². The van der Waals surface area contributed by atoms with E-state index in [0.717, 1.165) is 11.3 Å². The number of carbonyl (C=O) groups is 1. The van der Waals surface area contributed by atoms with Gasteiger partial charge in [0, 0.05) is 5.56 Å². The van der Waals surface area contributed by atoms with Crippen LogP contribution in [-0.4, -0.2) is 31.4 Å². The standard InChI is InChI=1S/C26H23FN2O5S/c1-5-12-34-25(31)22-15(2)28-26-29(23(22)17-10-11-19(32-3)20(13-17)33-4)24(30)21(35-26)14-16-8-6-7-9-18(16)27/h5-11,13-14,23H,1,12H2,2-4H3/b21-14-/t23-/m1/s1. The fraction of sp³-hybridized carbons (Fsp3) is 0.192. The summed E-state index contributed by atoms with van der Waals surface area (Å²) in [6.45, 7) is 5.27. The number of hydrogen-bond donors (Lipinski definition) is 0. The summed E-state index contributed by atoms with van der Waals surface area (Å²) < 4.78 is 32.1. The number of thiazole rings is 1. The molecule has 0 amide bonds. The number of rotatable bonds is 7. The van der Waals surface area contributed by atoms with Crippen molar-refractivity contribution in [3.8, 4) is 11.5 Å². The van der Waals surface area contributed by atoms with E-state index >= 15 is 0 Å². The van der Waals surface area contributed by atoms with Gasteiger partial charge in [-0.05, 0) is 36.8 Å². The molecule has 180 valence electrons. The van der Waals surface area contributed by atoms with Crippen LogP contribution < -0.4 is 24.4 Å². The number of methoxy groups -OCH3 is 2. The van der Waals surface area contributed by atoms with E-state index in [4.69, 9.17) is 14.2 Å². The van der Waals surface area contributed by atoms with Crippen molar-refractivity contribution in [3.63, 3.8) is 0 Å². The summed E-state index contributed by atoms with van der Waals surface area (Å²) in [5.41, 5.74) is 1.10. The van der Waals surface area contributed by atoms with Crippen molar-refractivity contribution < 1.29 is 23.4 Å². The second-order valence-electron chi connectivity index (χ2n) is 7.60. The number of allylic oxidation sites excluding steroid dienone is 1. The van der Waals surface area contributed by atoms with E-state index in [2.05, 4.69) is 11.6 Å². The quantitative estimate of drug-likeness (QED) is 0.373. The van der Waals surface area contributed by atoms with Crippen molar-refractivity contribution in [1.82, 2.24) is 4.57 Å². The van der Waals surface area contributed by atoms with E-state index in [0.29, 0.717) is 27.6 Å². The smallest absolute Gasteiger partial charge is 0.338 e. The van der Waals surface area contributed by atoms with Crippen LogP contribution >= 0.6 is 11.3 Å². The first-order valence-electron chi connectivity index (χ1n) is 10.7. The summed E-state index contributed by atoms with van der Waals surface area (Å²) in [5.74, 6) is -0.124. The maximum Gasteiger partial charge on any atom is 0.338 e. The minimum Gasteiger partial charge on any atom is -0.493 e. The minimum absolute atomic E-state index is 0.00592. The van der Waals surface area contributed by atoms with Gasteiger partial charge in [0.2, 0.25) is 0 Å². The highest BCUT2D eigenvalue weighted by Crippen LogP contribution is 2.36. The van der Waals surface area contributed by atoms with Gasteiger partial charge in [-0.25, -0.2) is 14.2 Å². The number of benzene rings is 2. The van der Waals surface area contributed by atoms with Crippen LogP contribution in [0.5, 0.6) is 11.5 Å². The number of hydrogen-bond acceptors (Lipinski definition) is 7. The van der Waals surface area contributed by atoms with Gasteiger partial charge in [-0.2, -0.15) is 0 Å². The third-order valence-corrected chi connectivity index (χ3v) is 6.47. The lowest BCUT2D eigenvalue weighted by atomic mass is 9.95. The van der Waals surface area contributed by atoms with Gasteiger partial charge in [0.25, 0.3) is 5.56 Å². The number of nitrogens with zero attached hydrogens (tertiary/aromatic N) is 2. The molecule has 4 rings (SSSR count). The topological polar surface area (TPSA) is 79.1 Å². The molecule has 0 saturated carbocycles. The van der Waals surface area contributed by atoms with Crippen molar-refractivity contribution in [2.45, 2.75) is 13.0 Å². The Morgan fingerprint density at radius 3 is 2.63 bits per heavy atom. The Morgan fingerprint density at radius 2 is 1.94 bits per heavy atom. The lowest BCUT2D eigenvalue weighted by Gasteiger charge is -2.25. The molecule has 0 spiro atoms. The van der Waals surface area contributed by atoms with E-state index in [9.17, 15) is 14.0 Å². The number of halogens is 1. The minimum atomic E-state index is -0.842. The van der Waals surface area contributed by atoms with Gasteiger partial charge in [-0.15, -0.1) is 0 Å². The van der Waals surface area contributed by atoms with Crippen LogP contribution in [0.25, 0.3) is 6.08 Å². The molecule has 0 saturated heterocycles. The van der Waals surface area contributed by atoms with Crippen molar-refractivity contribution in [3.05, 3.63) is 103 Å². The SMILES string of the molecule is C=CCOC(=O)C1=C(C)N=c2s/c(=C\c3ccccc3F)c(=O)n2[C@@H]1c1ccc(OC)c(OC)c1. The third-order valence-electron chi connectivity index (χ3n) is 5.49. The average Bonchev–Trinajstić information content (AvgIpc) is 3.16. The van der Waals surface area contributed by atoms with Crippen LogP contribution in [0.4, 0.5) is 4.39 Å². The molecule has 3 aromatic rings. The highest BCUT2D eigenvalue weighted by molar-refractivity contribution is 7.07. The van der Waals surface area contributed by atoms with E-state index < -0.39 is 23.4 Å². The zero-order valence-electron chi connectivity index (χ0n) is 19.4. The fourth-order valence-electron chi connectivity index (χ4n) is 3.87. The van der Waals surface area contributed by atoms with Gasteiger partial charge < -0.3 is 14.2 Å². The summed E-state index contributed by atoms with van der Waals surface area (Å²) in [5, 5.41) is 0. The predicted octanol–water partition coefficient (Wildman–Crippen LogP) is 3.12. The zero-order valence-corrected chi connectivity index (χ0v) is 20.2. The Labute approximate surface area is 204 Å². The Hall–Kier alpha value is -3.98. The number of aromatic nitrogens is 1. The average molecular weight is 495 g/mol. The molecule has 0 radical (unpaired) electrons. The monoisotopic (exact) mass is 494 g/mol. The molecule has 0 unspecified atom stereocenters. The molecule has 0 N–H and O–H groups in total. The first-order valence-corrected chi connectivity index (χ1v) is 11.5. The molecule has 9 heteroatoms. The Bertz CT molecular complexity index is 1520. The van der Waals surface area contributed by atoms with Gasteiger partial charge in [-0.1, -0.05) is 48.3 Å². The van der Waals surface area contributed by atoms with Crippen molar-refractivity contribution in [1.29, 1.82) is 0 Å². The van der Waals surface area contributed by atoms with Gasteiger partial charge in [0.1, 0.15) is 12.4 Å². The molecule has 2 aromatic carbocycles. The van der Waals surface area contributed by atoms with E-state index in [1.54, 1.807) is 43.3 Å². The first kappa shape index (κ1) is 24.2. The summed E-state index contributed by atoms with van der Waals surface area (Å²) >= 11 is 1.12. The third kappa shape index (κ3) is 4.54. The lowest BCUT2D eigenvalue weighted by Crippen LogP contribution is -2.40. The first-order chi connectivity index (χ1) is 16.9. The van der Waals surface area contributed by atoms with Gasteiger partial charge >= 0.3 is 5.97 Å². The fourth-order valence-corrected chi connectivity index (χ4v) is 4.90. The number of esters is 1. The van der Waals surface area contributed by atoms with Crippen LogP contribution in [0.15, 0.2) is 76.2 Å². The number of ether oxygens (including phenoxy) is 3. The summed E-state index contributed by atoms with van der Waals surface area (Å²) in [6, 6.07) is 10.5. The molecule has 1 aliphatic heterocycles. The Balaban J connectivity index is 1.97. The van der Waals surface area contributed by atoms with Crippen LogP contribution in [0.3, 0.4) is 0 Å². The van der Waals surface area contributed by atoms with E-state index in [-0.39, 0.29) is 22.3 Å². The predicted molar refractivity (Wildman–Crippen MR) is 131 cm³/mol. The van der Waals surface area contributed by atoms with E-state index in [1.807, 2.05) is 0 Å². The van der Waals surface area contributed by atoms with Gasteiger partial charge in [0.05, 0.1) is 36.1 Å².